The molecule has 0 atom stereocenters. The van der Waals surface area contributed by atoms with E-state index < -0.39 is 5.97 Å². The number of hydrogen-bond donors (Lipinski definition) is 1. The lowest BCUT2D eigenvalue weighted by atomic mass is 10.2. The van der Waals surface area contributed by atoms with Crippen LogP contribution in [0.1, 0.15) is 33.3 Å². The van der Waals surface area contributed by atoms with Gasteiger partial charge in [0.15, 0.2) is 5.78 Å². The first-order valence-corrected chi connectivity index (χ1v) is 6.01. The van der Waals surface area contributed by atoms with Crippen molar-refractivity contribution in [3.05, 3.63) is 52.3 Å². The van der Waals surface area contributed by atoms with Crippen molar-refractivity contribution in [3.63, 3.8) is 0 Å². The smallest absolute Gasteiger partial charge is 0.352 e. The Morgan fingerprint density at radius 1 is 1.32 bits per heavy atom. The summed E-state index contributed by atoms with van der Waals surface area (Å²) in [5.41, 5.74) is 1.77. The number of aromatic carboxylic acids is 1. The highest BCUT2D eigenvalue weighted by molar-refractivity contribution is 6.32. The van der Waals surface area contributed by atoms with E-state index in [9.17, 15) is 14.7 Å². The molecule has 2 aromatic rings. The summed E-state index contributed by atoms with van der Waals surface area (Å²) in [7, 11) is 0. The minimum atomic E-state index is -1.10. The van der Waals surface area contributed by atoms with Gasteiger partial charge in [-0.1, -0.05) is 23.7 Å². The number of carboxylic acid groups (broad SMARTS) is 1. The number of para-hydroxylation sites is 1. The van der Waals surface area contributed by atoms with Gasteiger partial charge < -0.3 is 9.67 Å². The number of halogens is 1. The number of aromatic nitrogens is 1. The predicted molar refractivity (Wildman–Crippen MR) is 72.5 cm³/mol. The minimum Gasteiger partial charge on any atom is -0.477 e. The molecule has 0 aliphatic carbocycles. The predicted octanol–water partition coefficient (Wildman–Crippen LogP) is 3.34. The highest BCUT2D eigenvalue weighted by Crippen LogP contribution is 2.27. The summed E-state index contributed by atoms with van der Waals surface area (Å²) in [6.07, 6.45) is 1.50. The zero-order valence-electron chi connectivity index (χ0n) is 10.5. The second-order valence-corrected chi connectivity index (χ2v) is 4.66. The van der Waals surface area contributed by atoms with E-state index in [4.69, 9.17) is 11.6 Å². The van der Waals surface area contributed by atoms with Crippen LogP contribution in [-0.2, 0) is 0 Å². The molecule has 1 aromatic heterocycles. The number of nitrogens with zero attached hydrogens (tertiary/aromatic N) is 1. The largest absolute Gasteiger partial charge is 0.477 e. The normalized spacial score (nSPS) is 10.5. The first-order valence-electron chi connectivity index (χ1n) is 5.64. The Bertz CT molecular complexity index is 653. The van der Waals surface area contributed by atoms with E-state index in [1.807, 2.05) is 13.0 Å². The van der Waals surface area contributed by atoms with Crippen LogP contribution in [0, 0.1) is 6.92 Å². The van der Waals surface area contributed by atoms with E-state index in [0.29, 0.717) is 16.3 Å². The standard InChI is InChI=1S/C14H12ClNO3/c1-8-4-3-5-11(15)13(8)16-7-10(9(2)17)6-12(16)14(18)19/h3-7H,1-2H3,(H,18,19). The summed E-state index contributed by atoms with van der Waals surface area (Å²) < 4.78 is 1.44. The van der Waals surface area contributed by atoms with Crippen molar-refractivity contribution >= 4 is 23.4 Å². The average molecular weight is 278 g/mol. The molecular formula is C14H12ClNO3. The lowest BCUT2D eigenvalue weighted by Gasteiger charge is -2.11. The molecule has 0 bridgehead atoms. The van der Waals surface area contributed by atoms with E-state index >= 15 is 0 Å². The summed E-state index contributed by atoms with van der Waals surface area (Å²) in [6, 6.07) is 6.66. The van der Waals surface area contributed by atoms with Gasteiger partial charge in [0, 0.05) is 11.8 Å². The molecule has 0 saturated carbocycles. The third-order valence-electron chi connectivity index (χ3n) is 2.88. The third kappa shape index (κ3) is 2.39. The second-order valence-electron chi connectivity index (χ2n) is 4.25. The fraction of sp³-hybridized carbons (Fsp3) is 0.143. The van der Waals surface area contributed by atoms with E-state index in [0.717, 1.165) is 5.56 Å². The van der Waals surface area contributed by atoms with Crippen LogP contribution >= 0.6 is 11.6 Å². The highest BCUT2D eigenvalue weighted by Gasteiger charge is 2.18. The summed E-state index contributed by atoms with van der Waals surface area (Å²) in [5, 5.41) is 9.67. The van der Waals surface area contributed by atoms with Crippen molar-refractivity contribution in [1.82, 2.24) is 4.57 Å². The molecule has 0 unspecified atom stereocenters. The molecule has 0 saturated heterocycles. The van der Waals surface area contributed by atoms with Crippen LogP contribution in [0.25, 0.3) is 5.69 Å². The van der Waals surface area contributed by atoms with Crippen molar-refractivity contribution in [2.45, 2.75) is 13.8 Å². The number of benzene rings is 1. The van der Waals surface area contributed by atoms with Gasteiger partial charge >= 0.3 is 5.97 Å². The van der Waals surface area contributed by atoms with Gasteiger partial charge in [0.05, 0.1) is 10.7 Å². The molecule has 1 heterocycles. The van der Waals surface area contributed by atoms with Crippen molar-refractivity contribution in [3.8, 4) is 5.69 Å². The van der Waals surface area contributed by atoms with Gasteiger partial charge in [-0.25, -0.2) is 4.79 Å². The highest BCUT2D eigenvalue weighted by atomic mass is 35.5. The summed E-state index contributed by atoms with van der Waals surface area (Å²) in [4.78, 5) is 22.7. The van der Waals surface area contributed by atoms with E-state index in [1.165, 1.54) is 23.8 Å². The minimum absolute atomic E-state index is 0.0152. The lowest BCUT2D eigenvalue weighted by molar-refractivity contribution is 0.0688. The van der Waals surface area contributed by atoms with Crippen molar-refractivity contribution in [1.29, 1.82) is 0 Å². The van der Waals surface area contributed by atoms with Crippen LogP contribution in [0.2, 0.25) is 5.02 Å². The molecule has 4 nitrogen and oxygen atoms in total. The van der Waals surface area contributed by atoms with Gasteiger partial charge in [-0.05, 0) is 31.5 Å². The molecule has 2 rings (SSSR count). The molecule has 0 amide bonds. The number of rotatable bonds is 3. The monoisotopic (exact) mass is 277 g/mol. The summed E-state index contributed by atoms with van der Waals surface area (Å²) in [6.45, 7) is 3.23. The van der Waals surface area contributed by atoms with Gasteiger partial charge in [-0.2, -0.15) is 0 Å². The average Bonchev–Trinajstić information content (AvgIpc) is 2.73. The van der Waals surface area contributed by atoms with Crippen molar-refractivity contribution in [2.24, 2.45) is 0 Å². The molecule has 0 fully saturated rings. The quantitative estimate of drug-likeness (QED) is 0.875. The number of carbonyl (C=O) groups is 2. The number of ketones is 1. The molecule has 98 valence electrons. The van der Waals surface area contributed by atoms with E-state index in [2.05, 4.69) is 0 Å². The Hall–Kier alpha value is -2.07. The maximum absolute atomic E-state index is 11.4. The van der Waals surface area contributed by atoms with Gasteiger partial charge in [-0.15, -0.1) is 0 Å². The topological polar surface area (TPSA) is 59.3 Å². The number of aryl methyl sites for hydroxylation is 1. The summed E-state index contributed by atoms with van der Waals surface area (Å²) >= 11 is 6.13. The van der Waals surface area contributed by atoms with Crippen LogP contribution in [0.15, 0.2) is 30.5 Å². The second kappa shape index (κ2) is 4.90. The molecule has 0 radical (unpaired) electrons. The number of hydrogen-bond acceptors (Lipinski definition) is 2. The number of carboxylic acids is 1. The molecule has 0 spiro atoms. The number of carbonyl (C=O) groups excluding carboxylic acids is 1. The van der Waals surface area contributed by atoms with Crippen LogP contribution in [0.5, 0.6) is 0 Å². The molecule has 1 N–H and O–H groups in total. The molecule has 1 aromatic carbocycles. The van der Waals surface area contributed by atoms with Crippen LogP contribution in [-0.4, -0.2) is 21.4 Å². The maximum Gasteiger partial charge on any atom is 0.352 e. The Morgan fingerprint density at radius 2 is 2.00 bits per heavy atom. The lowest BCUT2D eigenvalue weighted by Crippen LogP contribution is -2.07. The van der Waals surface area contributed by atoms with E-state index in [1.54, 1.807) is 12.1 Å². The Morgan fingerprint density at radius 3 is 2.53 bits per heavy atom. The Kier molecular flexibility index (Phi) is 3.44. The van der Waals surface area contributed by atoms with Crippen LogP contribution in [0.3, 0.4) is 0 Å². The molecule has 5 heteroatoms. The zero-order chi connectivity index (χ0) is 14.2. The van der Waals surface area contributed by atoms with Crippen LogP contribution in [0.4, 0.5) is 0 Å². The molecule has 0 aliphatic rings. The van der Waals surface area contributed by atoms with Crippen molar-refractivity contribution < 1.29 is 14.7 Å². The van der Waals surface area contributed by atoms with Gasteiger partial charge in [0.25, 0.3) is 0 Å². The van der Waals surface area contributed by atoms with E-state index in [-0.39, 0.29) is 11.5 Å². The number of Topliss-reactive ketones (excluding diaryl/α,β-unsaturated/α-hetero) is 1. The van der Waals surface area contributed by atoms with Gasteiger partial charge in [0.2, 0.25) is 0 Å². The Labute approximate surface area is 115 Å². The van der Waals surface area contributed by atoms with Crippen molar-refractivity contribution in [2.75, 3.05) is 0 Å². The van der Waals surface area contributed by atoms with Crippen LogP contribution < -0.4 is 0 Å². The fourth-order valence-corrected chi connectivity index (χ4v) is 2.25. The van der Waals surface area contributed by atoms with Gasteiger partial charge in [0.1, 0.15) is 5.69 Å². The first kappa shape index (κ1) is 13.4. The zero-order valence-corrected chi connectivity index (χ0v) is 11.2. The first-order chi connectivity index (χ1) is 8.91. The Balaban J connectivity index is 2.74. The molecule has 0 aliphatic heterocycles. The fourth-order valence-electron chi connectivity index (χ4n) is 1.93. The molecular weight excluding hydrogens is 266 g/mol. The SMILES string of the molecule is CC(=O)c1cc(C(=O)O)n(-c2c(C)cccc2Cl)c1. The summed E-state index contributed by atoms with van der Waals surface area (Å²) in [5.74, 6) is -1.29. The van der Waals surface area contributed by atoms with Gasteiger partial charge in [-0.3, -0.25) is 4.79 Å². The third-order valence-corrected chi connectivity index (χ3v) is 3.18. The maximum atomic E-state index is 11.4. The molecule has 19 heavy (non-hydrogen) atoms.